The van der Waals surface area contributed by atoms with Crippen LogP contribution < -0.4 is 16.0 Å². The molecule has 0 aliphatic heterocycles. The van der Waals surface area contributed by atoms with Crippen LogP contribution in [-0.4, -0.2) is 33.3 Å². The predicted octanol–water partition coefficient (Wildman–Crippen LogP) is 2.12. The molecule has 1 aromatic heterocycles. The van der Waals surface area contributed by atoms with Crippen molar-refractivity contribution in [1.29, 1.82) is 0 Å². The van der Waals surface area contributed by atoms with Gasteiger partial charge in [-0.25, -0.2) is 4.98 Å². The number of fused-ring (bicyclic) bond motifs is 1. The molecule has 0 unspecified atom stereocenters. The molecule has 2 aromatic carbocycles. The van der Waals surface area contributed by atoms with E-state index in [-0.39, 0.29) is 17.0 Å². The molecule has 10 nitrogen and oxygen atoms in total. The number of carbonyl (C=O) groups excluding carboxylic acids is 1. The molecule has 148 valence electrons. The fourth-order valence-electron chi connectivity index (χ4n) is 2.55. The van der Waals surface area contributed by atoms with E-state index in [9.17, 15) is 19.7 Å². The molecule has 0 aliphatic carbocycles. The predicted molar refractivity (Wildman–Crippen MR) is 109 cm³/mol. The molecule has 3 rings (SSSR count). The van der Waals surface area contributed by atoms with E-state index in [0.29, 0.717) is 22.3 Å². The van der Waals surface area contributed by atoms with Gasteiger partial charge in [0.1, 0.15) is 5.82 Å². The number of nitrogens with two attached hydrogens (primary N) is 1. The molecule has 0 bridgehead atoms. The maximum Gasteiger partial charge on any atom is 0.311 e. The standard InChI is InChI=1S/C18H14BrN5O5/c1-10-22-14-4-3-12(19)7-13(14)18(26)23(10)21-8-11-2-5-16(29-9-17(20)25)15(6-11)24(27)28/h2-8H,9H2,1H3,(H2,20,25). The van der Waals surface area contributed by atoms with Crippen LogP contribution in [0.2, 0.25) is 0 Å². The van der Waals surface area contributed by atoms with Crippen molar-refractivity contribution >= 4 is 44.6 Å². The largest absolute Gasteiger partial charge is 0.477 e. The summed E-state index contributed by atoms with van der Waals surface area (Å²) in [4.78, 5) is 38.5. The number of nitrogens with zero attached hydrogens (tertiary/aromatic N) is 4. The number of aryl methyl sites for hydroxylation is 1. The van der Waals surface area contributed by atoms with E-state index in [4.69, 9.17) is 10.5 Å². The van der Waals surface area contributed by atoms with Crippen LogP contribution in [0, 0.1) is 17.0 Å². The van der Waals surface area contributed by atoms with Crippen LogP contribution in [-0.2, 0) is 4.79 Å². The first-order chi connectivity index (χ1) is 13.8. The monoisotopic (exact) mass is 459 g/mol. The summed E-state index contributed by atoms with van der Waals surface area (Å²) in [6.07, 6.45) is 1.30. The first kappa shape index (κ1) is 20.1. The molecule has 29 heavy (non-hydrogen) atoms. The maximum absolute atomic E-state index is 12.7. The summed E-state index contributed by atoms with van der Waals surface area (Å²) in [5.41, 5.74) is 5.14. The molecule has 1 amide bonds. The summed E-state index contributed by atoms with van der Waals surface area (Å²) < 4.78 is 6.88. The zero-order valence-corrected chi connectivity index (χ0v) is 16.6. The van der Waals surface area contributed by atoms with Crippen LogP contribution in [0.1, 0.15) is 11.4 Å². The third-order valence-corrected chi connectivity index (χ3v) is 4.34. The van der Waals surface area contributed by atoms with Gasteiger partial charge in [-0.2, -0.15) is 9.78 Å². The Labute approximate surface area is 171 Å². The van der Waals surface area contributed by atoms with E-state index in [0.717, 1.165) is 9.15 Å². The second-order valence-corrected chi connectivity index (χ2v) is 6.84. The van der Waals surface area contributed by atoms with Crippen LogP contribution in [0.3, 0.4) is 0 Å². The summed E-state index contributed by atoms with van der Waals surface area (Å²) in [7, 11) is 0. The molecular formula is C18H14BrN5O5. The maximum atomic E-state index is 12.7. The van der Waals surface area contributed by atoms with Crippen molar-refractivity contribution < 1.29 is 14.5 Å². The Morgan fingerprint density at radius 1 is 1.38 bits per heavy atom. The van der Waals surface area contributed by atoms with Crippen molar-refractivity contribution in [2.75, 3.05) is 6.61 Å². The van der Waals surface area contributed by atoms with Crippen molar-refractivity contribution in [1.82, 2.24) is 9.66 Å². The van der Waals surface area contributed by atoms with E-state index in [2.05, 4.69) is 26.0 Å². The van der Waals surface area contributed by atoms with Gasteiger partial charge in [-0.05, 0) is 37.3 Å². The van der Waals surface area contributed by atoms with E-state index < -0.39 is 17.4 Å². The molecular weight excluding hydrogens is 446 g/mol. The number of aromatic nitrogens is 2. The summed E-state index contributed by atoms with van der Waals surface area (Å²) >= 11 is 3.32. The summed E-state index contributed by atoms with van der Waals surface area (Å²) in [6, 6.07) is 9.18. The van der Waals surface area contributed by atoms with Crippen molar-refractivity contribution in [3.05, 3.63) is 72.7 Å². The molecule has 0 radical (unpaired) electrons. The molecule has 0 saturated carbocycles. The van der Waals surface area contributed by atoms with E-state index >= 15 is 0 Å². The second kappa shape index (κ2) is 8.19. The van der Waals surface area contributed by atoms with Gasteiger partial charge in [0.15, 0.2) is 12.4 Å². The van der Waals surface area contributed by atoms with Crippen molar-refractivity contribution in [2.45, 2.75) is 6.92 Å². The smallest absolute Gasteiger partial charge is 0.311 e. The molecule has 0 saturated heterocycles. The Hall–Kier alpha value is -3.60. The Morgan fingerprint density at radius 3 is 2.83 bits per heavy atom. The summed E-state index contributed by atoms with van der Waals surface area (Å²) in [6.45, 7) is 1.14. The van der Waals surface area contributed by atoms with Crippen molar-refractivity contribution in [3.8, 4) is 5.75 Å². The lowest BCUT2D eigenvalue weighted by molar-refractivity contribution is -0.385. The lowest BCUT2D eigenvalue weighted by Gasteiger charge is -2.07. The first-order valence-corrected chi connectivity index (χ1v) is 8.98. The highest BCUT2D eigenvalue weighted by atomic mass is 79.9. The minimum atomic E-state index is -0.754. The Balaban J connectivity index is 1.99. The molecule has 2 N–H and O–H groups in total. The molecule has 3 aromatic rings. The number of hydrogen-bond donors (Lipinski definition) is 1. The molecule has 0 spiro atoms. The van der Waals surface area contributed by atoms with Gasteiger partial charge in [0, 0.05) is 16.1 Å². The van der Waals surface area contributed by atoms with Crippen LogP contribution in [0.4, 0.5) is 5.69 Å². The average Bonchev–Trinajstić information content (AvgIpc) is 2.67. The number of carbonyl (C=O) groups is 1. The van der Waals surface area contributed by atoms with Crippen LogP contribution in [0.5, 0.6) is 5.75 Å². The summed E-state index contributed by atoms with van der Waals surface area (Å²) in [5.74, 6) is -0.497. The normalized spacial score (nSPS) is 11.1. The Bertz CT molecular complexity index is 1220. The van der Waals surface area contributed by atoms with Gasteiger partial charge in [-0.3, -0.25) is 19.7 Å². The van der Waals surface area contributed by atoms with E-state index in [1.165, 1.54) is 24.4 Å². The van der Waals surface area contributed by atoms with Gasteiger partial charge in [0.25, 0.3) is 11.5 Å². The Morgan fingerprint density at radius 2 is 2.14 bits per heavy atom. The average molecular weight is 460 g/mol. The van der Waals surface area contributed by atoms with Gasteiger partial charge in [0.2, 0.25) is 0 Å². The number of benzene rings is 2. The van der Waals surface area contributed by atoms with Crippen LogP contribution in [0.15, 0.2) is 50.8 Å². The van der Waals surface area contributed by atoms with E-state index in [1.807, 2.05) is 0 Å². The zero-order chi connectivity index (χ0) is 21.1. The van der Waals surface area contributed by atoms with Gasteiger partial charge in [0.05, 0.1) is 22.0 Å². The second-order valence-electron chi connectivity index (χ2n) is 5.92. The first-order valence-electron chi connectivity index (χ1n) is 8.19. The van der Waals surface area contributed by atoms with Gasteiger partial charge >= 0.3 is 5.69 Å². The topological polar surface area (TPSA) is 143 Å². The SMILES string of the molecule is Cc1nc2ccc(Br)cc2c(=O)n1N=Cc1ccc(OCC(N)=O)c([N+](=O)[O-])c1. The molecule has 0 atom stereocenters. The number of amides is 1. The number of nitro groups is 1. The minimum Gasteiger partial charge on any atom is -0.477 e. The summed E-state index contributed by atoms with van der Waals surface area (Å²) in [5, 5.41) is 15.8. The van der Waals surface area contributed by atoms with E-state index in [1.54, 1.807) is 25.1 Å². The molecule has 0 aliphatic rings. The third-order valence-electron chi connectivity index (χ3n) is 3.84. The number of ether oxygens (including phenoxy) is 1. The third kappa shape index (κ3) is 4.46. The fourth-order valence-corrected chi connectivity index (χ4v) is 2.91. The number of hydrogen-bond acceptors (Lipinski definition) is 7. The van der Waals surface area contributed by atoms with Gasteiger partial charge < -0.3 is 10.5 Å². The van der Waals surface area contributed by atoms with Crippen LogP contribution in [0.25, 0.3) is 10.9 Å². The number of primary amides is 1. The Kier molecular flexibility index (Phi) is 5.69. The number of halogens is 1. The van der Waals surface area contributed by atoms with Gasteiger partial charge in [-0.15, -0.1) is 0 Å². The molecule has 0 fully saturated rings. The zero-order valence-electron chi connectivity index (χ0n) is 15.0. The lowest BCUT2D eigenvalue weighted by Crippen LogP contribution is -2.20. The minimum absolute atomic E-state index is 0.100. The lowest BCUT2D eigenvalue weighted by atomic mass is 10.2. The fraction of sp³-hybridized carbons (Fsp3) is 0.111. The van der Waals surface area contributed by atoms with Crippen molar-refractivity contribution in [3.63, 3.8) is 0 Å². The van der Waals surface area contributed by atoms with Crippen molar-refractivity contribution in [2.24, 2.45) is 10.8 Å². The highest BCUT2D eigenvalue weighted by Gasteiger charge is 2.16. The molecule has 1 heterocycles. The van der Waals surface area contributed by atoms with Crippen LogP contribution >= 0.6 is 15.9 Å². The number of rotatable bonds is 6. The quantitative estimate of drug-likeness (QED) is 0.339. The highest BCUT2D eigenvalue weighted by Crippen LogP contribution is 2.27. The highest BCUT2D eigenvalue weighted by molar-refractivity contribution is 9.10. The molecule has 11 heteroatoms. The number of nitro benzene ring substituents is 1. The van der Waals surface area contributed by atoms with Gasteiger partial charge in [-0.1, -0.05) is 15.9 Å².